The van der Waals surface area contributed by atoms with E-state index < -0.39 is 5.97 Å². The number of esters is 1. The maximum absolute atomic E-state index is 11.0. The number of hydrogen-bond acceptors (Lipinski definition) is 3. The monoisotopic (exact) mass is 171 g/mol. The molecule has 0 spiro atoms. The number of carbonyl (C=O) groups is 2. The molecule has 0 fully saturated rings. The van der Waals surface area contributed by atoms with Crippen molar-refractivity contribution in [2.75, 3.05) is 6.61 Å². The van der Waals surface area contributed by atoms with Crippen molar-refractivity contribution in [1.29, 1.82) is 0 Å². The van der Waals surface area contributed by atoms with Crippen LogP contribution in [0.5, 0.6) is 0 Å². The van der Waals surface area contributed by atoms with Crippen molar-refractivity contribution < 1.29 is 14.3 Å². The molecular weight excluding hydrogens is 158 g/mol. The molecule has 0 aliphatic heterocycles. The summed E-state index contributed by atoms with van der Waals surface area (Å²) in [6, 6.07) is 0. The van der Waals surface area contributed by atoms with E-state index in [-0.39, 0.29) is 11.6 Å². The van der Waals surface area contributed by atoms with Gasteiger partial charge >= 0.3 is 5.97 Å². The molecule has 12 heavy (non-hydrogen) atoms. The van der Waals surface area contributed by atoms with Gasteiger partial charge in [0.25, 0.3) is 0 Å². The van der Waals surface area contributed by atoms with Gasteiger partial charge in [-0.15, -0.1) is 0 Å². The van der Waals surface area contributed by atoms with Gasteiger partial charge in [0.1, 0.15) is 5.70 Å². The fraction of sp³-hybridized carbons (Fsp3) is 0.500. The second kappa shape index (κ2) is 5.35. The van der Waals surface area contributed by atoms with Crippen LogP contribution < -0.4 is 5.32 Å². The second-order valence-electron chi connectivity index (χ2n) is 2.10. The molecule has 0 aromatic rings. The number of hydrogen-bond donors (Lipinski definition) is 1. The maximum Gasteiger partial charge on any atom is 0.354 e. The van der Waals surface area contributed by atoms with E-state index in [1.54, 1.807) is 13.8 Å². The molecule has 0 radical (unpaired) electrons. The van der Waals surface area contributed by atoms with Crippen LogP contribution in [0.4, 0.5) is 0 Å². The summed E-state index contributed by atoms with van der Waals surface area (Å²) in [5, 5.41) is 2.36. The van der Waals surface area contributed by atoms with E-state index in [2.05, 4.69) is 10.1 Å². The summed E-state index contributed by atoms with van der Waals surface area (Å²) < 4.78 is 4.67. The topological polar surface area (TPSA) is 55.4 Å². The third-order valence-electron chi connectivity index (χ3n) is 1.09. The smallest absolute Gasteiger partial charge is 0.354 e. The summed E-state index contributed by atoms with van der Waals surface area (Å²) in [4.78, 5) is 21.6. The maximum atomic E-state index is 11.0. The molecule has 0 atom stereocenters. The predicted molar refractivity (Wildman–Crippen MR) is 44.2 cm³/mol. The first-order chi connectivity index (χ1) is 5.61. The molecule has 1 N–H and O–H groups in total. The van der Waals surface area contributed by atoms with Crippen LogP contribution in [-0.2, 0) is 14.3 Å². The van der Waals surface area contributed by atoms with Gasteiger partial charge < -0.3 is 10.1 Å². The Labute approximate surface area is 71.6 Å². The van der Waals surface area contributed by atoms with Gasteiger partial charge in [0, 0.05) is 6.92 Å². The molecule has 0 unspecified atom stereocenters. The molecule has 4 nitrogen and oxygen atoms in total. The van der Waals surface area contributed by atoms with Crippen LogP contribution >= 0.6 is 0 Å². The molecule has 0 aromatic carbocycles. The first-order valence-corrected chi connectivity index (χ1v) is 3.72. The van der Waals surface area contributed by atoms with Crippen LogP contribution in [0, 0.1) is 0 Å². The molecular formula is C8H13NO3. The SMILES string of the molecule is C/C=C(/NC(C)=O)C(=O)OCC. The lowest BCUT2D eigenvalue weighted by atomic mass is 10.4. The number of nitrogens with one attached hydrogen (secondary N) is 1. The Hall–Kier alpha value is -1.32. The van der Waals surface area contributed by atoms with Crippen LogP contribution in [0.2, 0.25) is 0 Å². The second-order valence-corrected chi connectivity index (χ2v) is 2.10. The van der Waals surface area contributed by atoms with Crippen molar-refractivity contribution in [1.82, 2.24) is 5.32 Å². The number of ether oxygens (including phenoxy) is 1. The quantitative estimate of drug-likeness (QED) is 0.499. The first kappa shape index (κ1) is 10.7. The average molecular weight is 171 g/mol. The van der Waals surface area contributed by atoms with E-state index >= 15 is 0 Å². The Morgan fingerprint density at radius 3 is 2.42 bits per heavy atom. The highest BCUT2D eigenvalue weighted by Crippen LogP contribution is 1.93. The van der Waals surface area contributed by atoms with E-state index in [9.17, 15) is 9.59 Å². The zero-order valence-electron chi connectivity index (χ0n) is 7.51. The lowest BCUT2D eigenvalue weighted by molar-refractivity contribution is -0.140. The molecule has 0 aliphatic carbocycles. The fourth-order valence-electron chi connectivity index (χ4n) is 0.640. The largest absolute Gasteiger partial charge is 0.461 e. The first-order valence-electron chi connectivity index (χ1n) is 3.72. The highest BCUT2D eigenvalue weighted by atomic mass is 16.5. The number of allylic oxidation sites excluding steroid dienone is 1. The highest BCUT2D eigenvalue weighted by Gasteiger charge is 2.09. The summed E-state index contributed by atoms with van der Waals surface area (Å²) in [5.74, 6) is -0.786. The normalized spacial score (nSPS) is 10.8. The van der Waals surface area contributed by atoms with Gasteiger partial charge in [-0.1, -0.05) is 6.08 Å². The van der Waals surface area contributed by atoms with Gasteiger partial charge in [0.2, 0.25) is 5.91 Å². The van der Waals surface area contributed by atoms with Crippen LogP contribution in [0.1, 0.15) is 20.8 Å². The van der Waals surface area contributed by atoms with Crippen molar-refractivity contribution in [3.05, 3.63) is 11.8 Å². The van der Waals surface area contributed by atoms with E-state index in [1.807, 2.05) is 0 Å². The Kier molecular flexibility index (Phi) is 4.76. The standard InChI is InChI=1S/C8H13NO3/c1-4-7(9-6(3)10)8(11)12-5-2/h4H,5H2,1-3H3,(H,9,10)/b7-4+. The zero-order valence-corrected chi connectivity index (χ0v) is 7.51. The molecule has 0 heterocycles. The molecule has 0 rings (SSSR count). The number of amides is 1. The predicted octanol–water partition coefficient (Wildman–Crippen LogP) is 0.589. The third kappa shape index (κ3) is 3.75. The van der Waals surface area contributed by atoms with E-state index in [0.29, 0.717) is 6.61 Å². The van der Waals surface area contributed by atoms with Crippen LogP contribution in [-0.4, -0.2) is 18.5 Å². The van der Waals surface area contributed by atoms with E-state index in [1.165, 1.54) is 13.0 Å². The van der Waals surface area contributed by atoms with Gasteiger partial charge in [-0.3, -0.25) is 4.79 Å². The summed E-state index contributed by atoms with van der Waals surface area (Å²) in [6.07, 6.45) is 1.50. The average Bonchev–Trinajstić information content (AvgIpc) is 2.00. The molecule has 0 saturated heterocycles. The molecule has 0 bridgehead atoms. The lowest BCUT2D eigenvalue weighted by Gasteiger charge is -2.05. The Balaban J connectivity index is 4.17. The zero-order chi connectivity index (χ0) is 9.56. The van der Waals surface area contributed by atoms with Gasteiger partial charge in [0.15, 0.2) is 0 Å². The van der Waals surface area contributed by atoms with E-state index in [0.717, 1.165) is 0 Å². The van der Waals surface area contributed by atoms with E-state index in [4.69, 9.17) is 0 Å². The van der Waals surface area contributed by atoms with Gasteiger partial charge in [0.05, 0.1) is 6.61 Å². The fourth-order valence-corrected chi connectivity index (χ4v) is 0.640. The minimum atomic E-state index is -0.504. The minimum absolute atomic E-state index is 0.185. The van der Waals surface area contributed by atoms with Gasteiger partial charge in [-0.25, -0.2) is 4.79 Å². The van der Waals surface area contributed by atoms with Crippen molar-refractivity contribution >= 4 is 11.9 Å². The third-order valence-corrected chi connectivity index (χ3v) is 1.09. The summed E-state index contributed by atoms with van der Waals surface area (Å²) in [5.41, 5.74) is 0.185. The lowest BCUT2D eigenvalue weighted by Crippen LogP contribution is -2.26. The van der Waals surface area contributed by atoms with Crippen LogP contribution in [0.25, 0.3) is 0 Å². The molecule has 0 aliphatic rings. The van der Waals surface area contributed by atoms with Crippen LogP contribution in [0.3, 0.4) is 0 Å². The van der Waals surface area contributed by atoms with Crippen molar-refractivity contribution in [2.45, 2.75) is 20.8 Å². The van der Waals surface area contributed by atoms with Gasteiger partial charge in [-0.2, -0.15) is 0 Å². The molecule has 0 saturated carbocycles. The number of carbonyl (C=O) groups excluding carboxylic acids is 2. The molecule has 0 aromatic heterocycles. The van der Waals surface area contributed by atoms with Crippen molar-refractivity contribution in [3.8, 4) is 0 Å². The van der Waals surface area contributed by atoms with Crippen molar-refractivity contribution in [3.63, 3.8) is 0 Å². The van der Waals surface area contributed by atoms with Crippen molar-refractivity contribution in [2.24, 2.45) is 0 Å². The highest BCUT2D eigenvalue weighted by molar-refractivity contribution is 5.93. The van der Waals surface area contributed by atoms with Gasteiger partial charge in [-0.05, 0) is 13.8 Å². The minimum Gasteiger partial charge on any atom is -0.461 e. The summed E-state index contributed by atoms with van der Waals surface area (Å²) in [6.45, 7) is 5.00. The number of rotatable bonds is 3. The Morgan fingerprint density at radius 2 is 2.08 bits per heavy atom. The molecule has 4 heteroatoms. The van der Waals surface area contributed by atoms with Crippen LogP contribution in [0.15, 0.2) is 11.8 Å². The Bertz CT molecular complexity index is 208. The Morgan fingerprint density at radius 1 is 1.50 bits per heavy atom. The summed E-state index contributed by atoms with van der Waals surface area (Å²) >= 11 is 0. The molecule has 68 valence electrons. The summed E-state index contributed by atoms with van der Waals surface area (Å²) in [7, 11) is 0. The molecule has 1 amide bonds.